The fourth-order valence-corrected chi connectivity index (χ4v) is 14.0. The van der Waals surface area contributed by atoms with Gasteiger partial charge in [-0.3, -0.25) is 4.21 Å². The van der Waals surface area contributed by atoms with Crippen molar-refractivity contribution in [2.75, 3.05) is 44.8 Å². The molecule has 6 aliphatic rings. The average molecular weight is 695 g/mol. The summed E-state index contributed by atoms with van der Waals surface area (Å²) >= 11 is 0. The van der Waals surface area contributed by atoms with Gasteiger partial charge in [-0.25, -0.2) is 4.79 Å². The Morgan fingerprint density at radius 3 is 2.31 bits per heavy atom. The van der Waals surface area contributed by atoms with Crippen LogP contribution in [0.4, 0.5) is 0 Å². The summed E-state index contributed by atoms with van der Waals surface area (Å²) in [7, 11) is 0.859. The van der Waals surface area contributed by atoms with E-state index in [4.69, 9.17) is 9.84 Å². The van der Waals surface area contributed by atoms with E-state index in [1.165, 1.54) is 82.5 Å². The largest absolute Gasteiger partial charge is 0.465 e. The van der Waals surface area contributed by atoms with Crippen LogP contribution in [0.25, 0.3) is 5.57 Å². The number of fused-ring (bicyclic) bond motifs is 7. The quantitative estimate of drug-likeness (QED) is 0.297. The van der Waals surface area contributed by atoms with Crippen molar-refractivity contribution >= 4 is 22.3 Å². The maximum absolute atomic E-state index is 12.1. The molecule has 6 nitrogen and oxygen atoms in total. The molecule has 1 aromatic carbocycles. The molecular formula is C42H66N2O4S. The smallest absolute Gasteiger partial charge is 0.337 e. The molecule has 5 fully saturated rings. The molecule has 4 saturated carbocycles. The highest BCUT2D eigenvalue weighted by Crippen LogP contribution is 2.72. The highest BCUT2D eigenvalue weighted by Gasteiger charge is 2.65. The number of nitrogens with one attached hydrogen (secondary N) is 1. The van der Waals surface area contributed by atoms with E-state index in [1.807, 2.05) is 12.1 Å². The second-order valence-corrected chi connectivity index (χ2v) is 19.7. The van der Waals surface area contributed by atoms with Gasteiger partial charge in [0.05, 0.1) is 12.7 Å². The minimum absolute atomic E-state index is 0.0957. The summed E-state index contributed by atoms with van der Waals surface area (Å²) in [4.78, 5) is 14.6. The fraction of sp³-hybridized carbons (Fsp3) is 0.786. The number of aliphatic hydroxyl groups is 1. The number of rotatable bonds is 6. The Bertz CT molecular complexity index is 1380. The predicted octanol–water partition coefficient (Wildman–Crippen LogP) is 7.73. The van der Waals surface area contributed by atoms with Crippen LogP contribution in [0.1, 0.15) is 122 Å². The highest BCUT2D eigenvalue weighted by molar-refractivity contribution is 7.85. The van der Waals surface area contributed by atoms with E-state index >= 15 is 0 Å². The van der Waals surface area contributed by atoms with Gasteiger partial charge < -0.3 is 20.1 Å². The minimum atomic E-state index is -0.592. The number of benzene rings is 1. The van der Waals surface area contributed by atoms with Gasteiger partial charge in [0.15, 0.2) is 0 Å². The second kappa shape index (κ2) is 14.5. The van der Waals surface area contributed by atoms with E-state index in [1.54, 1.807) is 13.8 Å². The Morgan fingerprint density at radius 2 is 1.63 bits per heavy atom. The number of nitrogens with zero attached hydrogens (tertiary/aromatic N) is 1. The molecular weight excluding hydrogens is 629 g/mol. The first kappa shape index (κ1) is 37.2. The average Bonchev–Trinajstić information content (AvgIpc) is 3.49. The molecule has 0 aromatic heterocycles. The van der Waals surface area contributed by atoms with Gasteiger partial charge in [-0.15, -0.1) is 0 Å². The Hall–Kier alpha value is -1.54. The molecule has 5 aliphatic carbocycles. The molecule has 7 unspecified atom stereocenters. The normalized spacial score (nSPS) is 38.6. The molecule has 0 spiro atoms. The molecule has 0 radical (unpaired) electrons. The SMILES string of the molecule is CC(C)O.COC(=O)c1ccc(C2=CCC3(C)C(CCC4(C)C5CCC6(NCCN7CCS(=O)CC7)CCC[C@@H]6C5CCC43)C2(C)C)cc1. The zero-order chi connectivity index (χ0) is 35.2. The number of ether oxygens (including phenoxy) is 1. The molecule has 1 heterocycles. The molecule has 49 heavy (non-hydrogen) atoms. The maximum atomic E-state index is 12.1. The van der Waals surface area contributed by atoms with Crippen LogP contribution in [-0.2, 0) is 15.5 Å². The summed E-state index contributed by atoms with van der Waals surface area (Å²) in [6.45, 7) is 18.1. The first-order valence-corrected chi connectivity index (χ1v) is 21.1. The Balaban J connectivity index is 0.000000989. The fourth-order valence-electron chi connectivity index (χ4n) is 12.9. The lowest BCUT2D eigenvalue weighted by Crippen LogP contribution is -2.63. The van der Waals surface area contributed by atoms with E-state index in [9.17, 15) is 9.00 Å². The van der Waals surface area contributed by atoms with E-state index in [0.717, 1.165) is 61.4 Å². The third-order valence-corrected chi connectivity index (χ3v) is 16.2. The standard InChI is InChI=1S/C39H58N2O3S.C3H8O/c1-36(2)30(27-8-10-28(11-9-27)35(42)44-5)14-18-38(4)33(36)16-19-37(3)31-15-20-39(40-21-22-41-23-25-45(43)26-24-41)17-6-7-32(39)29(31)12-13-34(37)38;1-3(2)4/h8-11,14,29,31-34,40H,6-7,12-13,15-26H2,1-5H3;3-4H,1-2H3/t29?,31?,32-,33?,34?,37?,38?,39?;/m1./s1. The van der Waals surface area contributed by atoms with Gasteiger partial charge in [0.25, 0.3) is 0 Å². The lowest BCUT2D eigenvalue weighted by atomic mass is 9.37. The molecule has 1 aliphatic heterocycles. The van der Waals surface area contributed by atoms with Crippen LogP contribution < -0.4 is 5.32 Å². The second-order valence-electron chi connectivity index (χ2n) is 18.0. The lowest BCUT2D eigenvalue weighted by molar-refractivity contribution is -0.172. The van der Waals surface area contributed by atoms with Crippen molar-refractivity contribution in [1.82, 2.24) is 10.2 Å². The lowest BCUT2D eigenvalue weighted by Gasteiger charge is -2.68. The van der Waals surface area contributed by atoms with Crippen LogP contribution in [0.5, 0.6) is 0 Å². The molecule has 0 bridgehead atoms. The zero-order valence-corrected chi connectivity index (χ0v) is 32.5. The molecule has 8 atom stereocenters. The van der Waals surface area contributed by atoms with Gasteiger partial charge in [0.2, 0.25) is 0 Å². The number of hydrogen-bond acceptors (Lipinski definition) is 6. The molecule has 0 amide bonds. The van der Waals surface area contributed by atoms with Crippen LogP contribution in [0.2, 0.25) is 0 Å². The zero-order valence-electron chi connectivity index (χ0n) is 31.7. The summed E-state index contributed by atoms with van der Waals surface area (Å²) in [6.07, 6.45) is 16.1. The van der Waals surface area contributed by atoms with Crippen molar-refractivity contribution in [1.29, 1.82) is 0 Å². The van der Waals surface area contributed by atoms with Crippen molar-refractivity contribution in [3.05, 3.63) is 41.5 Å². The summed E-state index contributed by atoms with van der Waals surface area (Å²) in [5.41, 5.74) is 4.58. The van der Waals surface area contributed by atoms with Crippen molar-refractivity contribution < 1.29 is 18.8 Å². The monoisotopic (exact) mass is 694 g/mol. The van der Waals surface area contributed by atoms with Crippen molar-refractivity contribution in [2.45, 2.75) is 117 Å². The molecule has 7 heteroatoms. The van der Waals surface area contributed by atoms with Crippen molar-refractivity contribution in [3.8, 4) is 0 Å². The van der Waals surface area contributed by atoms with Gasteiger partial charge in [-0.2, -0.15) is 0 Å². The van der Waals surface area contributed by atoms with Crippen molar-refractivity contribution in [2.24, 2.45) is 45.8 Å². The highest BCUT2D eigenvalue weighted by atomic mass is 32.2. The van der Waals surface area contributed by atoms with Crippen LogP contribution in [-0.4, -0.2) is 76.6 Å². The van der Waals surface area contributed by atoms with Crippen LogP contribution in [0.15, 0.2) is 30.3 Å². The van der Waals surface area contributed by atoms with Crippen molar-refractivity contribution in [3.63, 3.8) is 0 Å². The molecule has 1 aromatic rings. The van der Waals surface area contributed by atoms with Crippen LogP contribution in [0.3, 0.4) is 0 Å². The van der Waals surface area contributed by atoms with Gasteiger partial charge in [0.1, 0.15) is 0 Å². The summed E-state index contributed by atoms with van der Waals surface area (Å²) in [5.74, 6) is 5.49. The van der Waals surface area contributed by atoms with Crippen LogP contribution in [0, 0.1) is 45.8 Å². The Kier molecular flexibility index (Phi) is 11.0. The van der Waals surface area contributed by atoms with Crippen LogP contribution >= 0.6 is 0 Å². The Morgan fingerprint density at radius 1 is 0.939 bits per heavy atom. The van der Waals surface area contributed by atoms with Gasteiger partial charge in [-0.05, 0) is 141 Å². The third kappa shape index (κ3) is 6.89. The summed E-state index contributed by atoms with van der Waals surface area (Å²) < 4.78 is 16.8. The van der Waals surface area contributed by atoms with Gasteiger partial charge in [0, 0.05) is 60.1 Å². The molecule has 7 rings (SSSR count). The van der Waals surface area contributed by atoms with E-state index in [0.29, 0.717) is 27.9 Å². The number of carbonyl (C=O) groups is 1. The first-order valence-electron chi connectivity index (χ1n) is 19.6. The molecule has 2 N–H and O–H groups in total. The molecule has 274 valence electrons. The van der Waals surface area contributed by atoms with Gasteiger partial charge in [-0.1, -0.05) is 52.3 Å². The third-order valence-electron chi connectivity index (χ3n) is 14.9. The number of allylic oxidation sites excluding steroid dienone is 2. The Labute approximate surface area is 300 Å². The number of esters is 1. The van der Waals surface area contributed by atoms with E-state index in [-0.39, 0.29) is 17.5 Å². The first-order chi connectivity index (χ1) is 23.2. The maximum Gasteiger partial charge on any atom is 0.337 e. The minimum Gasteiger partial charge on any atom is -0.465 e. The van der Waals surface area contributed by atoms with Gasteiger partial charge >= 0.3 is 5.97 Å². The topological polar surface area (TPSA) is 78.9 Å². The predicted molar refractivity (Wildman–Crippen MR) is 202 cm³/mol. The summed E-state index contributed by atoms with van der Waals surface area (Å²) in [5, 5.41) is 12.3. The number of methoxy groups -OCH3 is 1. The summed E-state index contributed by atoms with van der Waals surface area (Å²) in [6, 6.07) is 8.14. The number of carbonyl (C=O) groups excluding carboxylic acids is 1. The number of aliphatic hydroxyl groups excluding tert-OH is 1. The number of hydrogen-bond donors (Lipinski definition) is 2. The molecule has 1 saturated heterocycles. The van der Waals surface area contributed by atoms with E-state index in [2.05, 4.69) is 56.1 Å². The van der Waals surface area contributed by atoms with E-state index < -0.39 is 10.8 Å².